The number of piperazine rings is 1. The largest absolute Gasteiger partial charge is 0.390 e. The van der Waals surface area contributed by atoms with Crippen molar-refractivity contribution >= 4 is 33.0 Å². The lowest BCUT2D eigenvalue weighted by molar-refractivity contribution is -0.384. The Hall–Kier alpha value is -2.16. The number of β-amino-alcohol motifs (C(OH)–C–C–N with tert-alkyl or cyclic N) is 1. The van der Waals surface area contributed by atoms with Crippen molar-refractivity contribution in [3.63, 3.8) is 0 Å². The Balaban J connectivity index is 1.42. The quantitative estimate of drug-likeness (QED) is 0.514. The molecule has 0 aliphatic carbocycles. The first kappa shape index (κ1) is 19.6. The van der Waals surface area contributed by atoms with Crippen molar-refractivity contribution in [2.75, 3.05) is 49.5 Å². The predicted octanol–water partition coefficient (Wildman–Crippen LogP) is 2.95. The molecule has 2 aromatic carbocycles. The molecule has 0 spiro atoms. The lowest BCUT2D eigenvalue weighted by atomic mass is 10.2. The monoisotopic (exact) mass is 434 g/mol. The topological polar surface area (TPSA) is 81.9 Å². The average Bonchev–Trinajstić information content (AvgIpc) is 2.68. The average molecular weight is 435 g/mol. The zero-order chi connectivity index (χ0) is 19.2. The zero-order valence-electron chi connectivity index (χ0n) is 14.9. The highest BCUT2D eigenvalue weighted by Crippen LogP contribution is 2.20. The predicted molar refractivity (Wildman–Crippen MR) is 110 cm³/mol. The summed E-state index contributed by atoms with van der Waals surface area (Å²) in [5.74, 6) is 0. The summed E-state index contributed by atoms with van der Waals surface area (Å²) in [5.41, 5.74) is 2.09. The summed E-state index contributed by atoms with van der Waals surface area (Å²) >= 11 is 3.41. The van der Waals surface area contributed by atoms with Gasteiger partial charge in [-0.15, -0.1) is 0 Å². The van der Waals surface area contributed by atoms with E-state index in [4.69, 9.17) is 0 Å². The van der Waals surface area contributed by atoms with Crippen molar-refractivity contribution in [1.29, 1.82) is 0 Å². The van der Waals surface area contributed by atoms with Gasteiger partial charge in [0.05, 0.1) is 11.0 Å². The Bertz CT molecular complexity index is 747. The second-order valence-electron chi connectivity index (χ2n) is 6.60. The number of halogens is 1. The molecule has 0 bridgehead atoms. The van der Waals surface area contributed by atoms with Crippen LogP contribution in [0.25, 0.3) is 0 Å². The number of benzene rings is 2. The van der Waals surface area contributed by atoms with Gasteiger partial charge in [-0.25, -0.2) is 0 Å². The van der Waals surface area contributed by atoms with E-state index >= 15 is 0 Å². The lowest BCUT2D eigenvalue weighted by Gasteiger charge is -2.36. The molecule has 144 valence electrons. The van der Waals surface area contributed by atoms with E-state index in [0.29, 0.717) is 13.1 Å². The van der Waals surface area contributed by atoms with Gasteiger partial charge >= 0.3 is 0 Å². The van der Waals surface area contributed by atoms with Crippen molar-refractivity contribution in [3.8, 4) is 0 Å². The molecule has 7 nitrogen and oxygen atoms in total. The maximum absolute atomic E-state index is 10.7. The molecule has 1 saturated heterocycles. The summed E-state index contributed by atoms with van der Waals surface area (Å²) in [6.45, 7) is 4.51. The van der Waals surface area contributed by atoms with Crippen LogP contribution in [0.4, 0.5) is 17.1 Å². The van der Waals surface area contributed by atoms with Gasteiger partial charge in [-0.3, -0.25) is 15.0 Å². The standard InChI is InChI=1S/C19H23BrN4O3/c20-15-1-3-16(4-2-15)21-13-19(25)14-22-9-11-23(12-10-22)17-5-7-18(8-6-17)24(26)27/h1-8,19,21,25H,9-14H2. The van der Waals surface area contributed by atoms with Gasteiger partial charge in [0.25, 0.3) is 5.69 Å². The number of hydrogen-bond acceptors (Lipinski definition) is 6. The fourth-order valence-electron chi connectivity index (χ4n) is 3.14. The van der Waals surface area contributed by atoms with Crippen LogP contribution in [0.15, 0.2) is 53.0 Å². The van der Waals surface area contributed by atoms with Gasteiger partial charge in [-0.2, -0.15) is 0 Å². The second-order valence-corrected chi connectivity index (χ2v) is 7.52. The molecular formula is C19H23BrN4O3. The van der Waals surface area contributed by atoms with Crippen molar-refractivity contribution in [1.82, 2.24) is 4.90 Å². The van der Waals surface area contributed by atoms with Gasteiger partial charge < -0.3 is 15.3 Å². The lowest BCUT2D eigenvalue weighted by Crippen LogP contribution is -2.49. The Morgan fingerprint density at radius 1 is 1.07 bits per heavy atom. The van der Waals surface area contributed by atoms with Crippen LogP contribution in [0.1, 0.15) is 0 Å². The molecule has 1 aliphatic rings. The molecule has 2 N–H and O–H groups in total. The number of hydrogen-bond donors (Lipinski definition) is 2. The van der Waals surface area contributed by atoms with Crippen LogP contribution in [0.5, 0.6) is 0 Å². The maximum Gasteiger partial charge on any atom is 0.269 e. The number of aliphatic hydroxyl groups is 1. The van der Waals surface area contributed by atoms with Gasteiger partial charge in [-0.1, -0.05) is 15.9 Å². The minimum absolute atomic E-state index is 0.110. The molecular weight excluding hydrogens is 412 g/mol. The van der Waals surface area contributed by atoms with Crippen molar-refractivity contribution in [2.24, 2.45) is 0 Å². The van der Waals surface area contributed by atoms with E-state index in [1.54, 1.807) is 24.3 Å². The summed E-state index contributed by atoms with van der Waals surface area (Å²) in [6.07, 6.45) is -0.445. The summed E-state index contributed by atoms with van der Waals surface area (Å²) in [7, 11) is 0. The number of non-ortho nitro benzene ring substituents is 1. The third-order valence-electron chi connectivity index (χ3n) is 4.65. The molecule has 2 aromatic rings. The Labute approximate surface area is 166 Å². The number of nitrogens with one attached hydrogen (secondary N) is 1. The molecule has 8 heteroatoms. The molecule has 0 radical (unpaired) electrons. The van der Waals surface area contributed by atoms with E-state index in [2.05, 4.69) is 31.0 Å². The van der Waals surface area contributed by atoms with Crippen LogP contribution in [-0.2, 0) is 0 Å². The number of aliphatic hydroxyl groups excluding tert-OH is 1. The van der Waals surface area contributed by atoms with E-state index in [-0.39, 0.29) is 10.6 Å². The van der Waals surface area contributed by atoms with Gasteiger partial charge in [-0.05, 0) is 36.4 Å². The molecule has 3 rings (SSSR count). The number of nitro groups is 1. The smallest absolute Gasteiger partial charge is 0.269 e. The Morgan fingerprint density at radius 2 is 1.70 bits per heavy atom. The molecule has 0 amide bonds. The SMILES string of the molecule is O=[N+]([O-])c1ccc(N2CCN(CC(O)CNc3ccc(Br)cc3)CC2)cc1. The van der Waals surface area contributed by atoms with Crippen molar-refractivity contribution in [2.45, 2.75) is 6.10 Å². The summed E-state index contributed by atoms with van der Waals surface area (Å²) < 4.78 is 1.03. The van der Waals surface area contributed by atoms with Crippen LogP contribution in [0, 0.1) is 10.1 Å². The summed E-state index contributed by atoms with van der Waals surface area (Å²) in [6, 6.07) is 14.5. The van der Waals surface area contributed by atoms with E-state index in [0.717, 1.165) is 42.0 Å². The van der Waals surface area contributed by atoms with Gasteiger partial charge in [0, 0.05) is 67.2 Å². The zero-order valence-corrected chi connectivity index (χ0v) is 16.5. The minimum Gasteiger partial charge on any atom is -0.390 e. The number of nitrogens with zero attached hydrogens (tertiary/aromatic N) is 3. The fourth-order valence-corrected chi connectivity index (χ4v) is 3.40. The fraction of sp³-hybridized carbons (Fsp3) is 0.368. The Kier molecular flexibility index (Phi) is 6.65. The molecule has 1 atom stereocenters. The molecule has 1 aliphatic heterocycles. The third kappa shape index (κ3) is 5.66. The third-order valence-corrected chi connectivity index (χ3v) is 5.18. The first-order valence-corrected chi connectivity index (χ1v) is 9.70. The Morgan fingerprint density at radius 3 is 2.30 bits per heavy atom. The number of anilines is 2. The van der Waals surface area contributed by atoms with E-state index in [1.807, 2.05) is 24.3 Å². The summed E-state index contributed by atoms with van der Waals surface area (Å²) in [5, 5.41) is 24.3. The van der Waals surface area contributed by atoms with Crippen molar-refractivity contribution < 1.29 is 10.0 Å². The minimum atomic E-state index is -0.445. The van der Waals surface area contributed by atoms with E-state index < -0.39 is 6.10 Å². The second kappa shape index (κ2) is 9.16. The molecule has 1 fully saturated rings. The highest BCUT2D eigenvalue weighted by Gasteiger charge is 2.20. The van der Waals surface area contributed by atoms with Gasteiger partial charge in [0.2, 0.25) is 0 Å². The molecule has 1 heterocycles. The molecule has 27 heavy (non-hydrogen) atoms. The van der Waals surface area contributed by atoms with E-state index in [9.17, 15) is 15.2 Å². The van der Waals surface area contributed by atoms with E-state index in [1.165, 1.54) is 0 Å². The number of rotatable bonds is 7. The van der Waals surface area contributed by atoms with Crippen molar-refractivity contribution in [3.05, 3.63) is 63.1 Å². The normalized spacial score (nSPS) is 16.1. The molecule has 1 unspecified atom stereocenters. The highest BCUT2D eigenvalue weighted by atomic mass is 79.9. The number of nitro benzene ring substituents is 1. The first-order valence-electron chi connectivity index (χ1n) is 8.90. The van der Waals surface area contributed by atoms with Crippen LogP contribution >= 0.6 is 15.9 Å². The van der Waals surface area contributed by atoms with Crippen LogP contribution in [0.2, 0.25) is 0 Å². The molecule has 0 aromatic heterocycles. The first-order chi connectivity index (χ1) is 13.0. The highest BCUT2D eigenvalue weighted by molar-refractivity contribution is 9.10. The maximum atomic E-state index is 10.7. The van der Waals surface area contributed by atoms with Crippen LogP contribution in [-0.4, -0.2) is 60.3 Å². The summed E-state index contributed by atoms with van der Waals surface area (Å²) in [4.78, 5) is 14.8. The van der Waals surface area contributed by atoms with Crippen LogP contribution in [0.3, 0.4) is 0 Å². The van der Waals surface area contributed by atoms with Gasteiger partial charge in [0.1, 0.15) is 0 Å². The van der Waals surface area contributed by atoms with Crippen LogP contribution < -0.4 is 10.2 Å². The molecule has 0 saturated carbocycles. The van der Waals surface area contributed by atoms with Gasteiger partial charge in [0.15, 0.2) is 0 Å².